The topological polar surface area (TPSA) is 140 Å². The first-order chi connectivity index (χ1) is 11.5. The zero-order valence-electron chi connectivity index (χ0n) is 13.4. The molecule has 0 saturated carbocycles. The number of ether oxygens (including phenoxy) is 1. The van der Waals surface area contributed by atoms with Gasteiger partial charge in [0.15, 0.2) is 11.9 Å². The number of aliphatic hydroxyl groups excluding tert-OH is 3. The minimum Gasteiger partial charge on any atom is -0.394 e. The third-order valence-corrected chi connectivity index (χ3v) is 5.33. The minimum absolute atomic E-state index is 0.0989. The molecule has 5 unspecified atom stereocenters. The average Bonchev–Trinajstić information content (AvgIpc) is 3.09. The van der Waals surface area contributed by atoms with Crippen molar-refractivity contribution in [1.29, 1.82) is 0 Å². The van der Waals surface area contributed by atoms with E-state index in [4.69, 9.17) is 10.5 Å². The Balaban J connectivity index is 2.02. The monoisotopic (exact) mass is 355 g/mol. The number of nitrogens with two attached hydrogens (primary N) is 1. The zero-order chi connectivity index (χ0) is 17.4. The molecule has 1 aliphatic rings. The molecule has 24 heavy (non-hydrogen) atoms. The smallest absolute Gasteiger partial charge is 0.223 e. The Labute approximate surface area is 142 Å². The van der Waals surface area contributed by atoms with Crippen LogP contribution in [-0.4, -0.2) is 65.0 Å². The summed E-state index contributed by atoms with van der Waals surface area (Å²) in [4.78, 5) is 12.8. The van der Waals surface area contributed by atoms with Gasteiger partial charge < -0.3 is 25.8 Å². The summed E-state index contributed by atoms with van der Waals surface area (Å²) in [5, 5.41) is 30.4. The van der Waals surface area contributed by atoms with Crippen molar-refractivity contribution in [3.8, 4) is 0 Å². The molecule has 9 nitrogen and oxygen atoms in total. The van der Waals surface area contributed by atoms with E-state index < -0.39 is 31.1 Å². The first kappa shape index (κ1) is 17.4. The maximum absolute atomic E-state index is 10.2. The number of nitrogens with zero attached hydrogens (tertiary/aromatic N) is 4. The molecule has 132 valence electrons. The fourth-order valence-electron chi connectivity index (χ4n) is 2.56. The number of fused-ring (bicyclic) bond motifs is 1. The van der Waals surface area contributed by atoms with E-state index in [9.17, 15) is 15.3 Å². The molecule has 1 fully saturated rings. The van der Waals surface area contributed by atoms with E-state index in [0.29, 0.717) is 21.4 Å². The number of nitrogen functional groups attached to an aromatic ring is 1. The lowest BCUT2D eigenvalue weighted by Gasteiger charge is -2.16. The Kier molecular flexibility index (Phi) is 4.92. The van der Waals surface area contributed by atoms with E-state index in [1.54, 1.807) is 11.8 Å². The largest absolute Gasteiger partial charge is 0.394 e. The third-order valence-electron chi connectivity index (χ3n) is 4.09. The average molecular weight is 355 g/mol. The van der Waals surface area contributed by atoms with E-state index >= 15 is 0 Å². The van der Waals surface area contributed by atoms with Gasteiger partial charge >= 0.3 is 0 Å². The lowest BCUT2D eigenvalue weighted by Crippen LogP contribution is -2.33. The molecule has 1 saturated heterocycles. The van der Waals surface area contributed by atoms with Crippen molar-refractivity contribution in [2.75, 3.05) is 12.3 Å². The molecule has 3 rings (SSSR count). The van der Waals surface area contributed by atoms with E-state index in [1.807, 2.05) is 0 Å². The van der Waals surface area contributed by atoms with E-state index in [-0.39, 0.29) is 5.95 Å². The van der Waals surface area contributed by atoms with E-state index in [2.05, 4.69) is 28.8 Å². The molecule has 0 aromatic carbocycles. The number of aliphatic hydroxyl groups is 3. The summed E-state index contributed by atoms with van der Waals surface area (Å²) in [5.41, 5.74) is 6.80. The van der Waals surface area contributed by atoms with Gasteiger partial charge in [-0.05, 0) is 6.42 Å². The number of aromatic nitrogens is 4. The first-order valence-corrected chi connectivity index (χ1v) is 8.63. The third kappa shape index (κ3) is 2.95. The van der Waals surface area contributed by atoms with Crippen LogP contribution in [-0.2, 0) is 4.74 Å². The Morgan fingerprint density at radius 2 is 2.12 bits per heavy atom. The van der Waals surface area contributed by atoms with Gasteiger partial charge in [-0.15, -0.1) is 11.8 Å². The summed E-state index contributed by atoms with van der Waals surface area (Å²) in [6.07, 6.45) is -1.73. The van der Waals surface area contributed by atoms with Crippen molar-refractivity contribution in [3.05, 3.63) is 6.33 Å². The molecule has 0 amide bonds. The fourth-order valence-corrected chi connectivity index (χ4v) is 3.51. The number of hydrogen-bond acceptors (Lipinski definition) is 9. The molecular formula is C14H21N5O4S. The summed E-state index contributed by atoms with van der Waals surface area (Å²) < 4.78 is 7.05. The molecule has 5 atom stereocenters. The molecule has 10 heteroatoms. The van der Waals surface area contributed by atoms with Crippen LogP contribution in [0.3, 0.4) is 0 Å². The van der Waals surface area contributed by atoms with Gasteiger partial charge in [0.1, 0.15) is 28.9 Å². The Morgan fingerprint density at radius 3 is 2.75 bits per heavy atom. The van der Waals surface area contributed by atoms with Crippen LogP contribution in [0.25, 0.3) is 11.2 Å². The summed E-state index contributed by atoms with van der Waals surface area (Å²) in [6, 6.07) is 0. The highest BCUT2D eigenvalue weighted by molar-refractivity contribution is 8.00. The molecule has 1 aliphatic heterocycles. The van der Waals surface area contributed by atoms with Crippen molar-refractivity contribution in [3.63, 3.8) is 0 Å². The lowest BCUT2D eigenvalue weighted by molar-refractivity contribution is -0.0511. The predicted octanol–water partition coefficient (Wildman–Crippen LogP) is -0.0894. The van der Waals surface area contributed by atoms with Gasteiger partial charge in [0, 0.05) is 5.25 Å². The molecule has 2 aromatic heterocycles. The van der Waals surface area contributed by atoms with Gasteiger partial charge in [-0.1, -0.05) is 13.8 Å². The van der Waals surface area contributed by atoms with Crippen LogP contribution >= 0.6 is 11.8 Å². The summed E-state index contributed by atoms with van der Waals surface area (Å²) >= 11 is 1.55. The van der Waals surface area contributed by atoms with Gasteiger partial charge in [0.25, 0.3) is 0 Å². The van der Waals surface area contributed by atoms with E-state index in [0.717, 1.165) is 6.42 Å². The summed E-state index contributed by atoms with van der Waals surface area (Å²) in [7, 11) is 0. The highest BCUT2D eigenvalue weighted by Crippen LogP contribution is 2.34. The zero-order valence-corrected chi connectivity index (χ0v) is 14.2. The maximum Gasteiger partial charge on any atom is 0.223 e. The number of anilines is 1. The van der Waals surface area contributed by atoms with Crippen LogP contribution in [0.5, 0.6) is 0 Å². The highest BCUT2D eigenvalue weighted by atomic mass is 32.2. The van der Waals surface area contributed by atoms with Crippen molar-refractivity contribution in [1.82, 2.24) is 19.5 Å². The number of rotatable bonds is 5. The van der Waals surface area contributed by atoms with Crippen molar-refractivity contribution < 1.29 is 20.1 Å². The van der Waals surface area contributed by atoms with Crippen LogP contribution in [0.1, 0.15) is 26.5 Å². The summed E-state index contributed by atoms with van der Waals surface area (Å²) in [6.45, 7) is 3.77. The SMILES string of the molecule is CCC(C)Sc1nc(N)nc2c1ncn2C1OC(CO)C(O)C1O. The molecule has 0 spiro atoms. The van der Waals surface area contributed by atoms with Crippen LogP contribution < -0.4 is 5.73 Å². The molecule has 3 heterocycles. The standard InChI is InChI=1S/C14H21N5O4S/c1-3-6(2)24-12-8-11(17-14(15)18-12)19(5-16-8)13-10(22)9(21)7(4-20)23-13/h5-7,9-10,13,20-22H,3-4H2,1-2H3,(H2,15,17,18). The van der Waals surface area contributed by atoms with Gasteiger partial charge in [-0.25, -0.2) is 9.97 Å². The lowest BCUT2D eigenvalue weighted by atomic mass is 10.1. The molecule has 0 bridgehead atoms. The van der Waals surface area contributed by atoms with Crippen LogP contribution in [0, 0.1) is 0 Å². The Morgan fingerprint density at radius 1 is 1.38 bits per heavy atom. The highest BCUT2D eigenvalue weighted by Gasteiger charge is 2.44. The molecular weight excluding hydrogens is 334 g/mol. The molecule has 5 N–H and O–H groups in total. The Bertz CT molecular complexity index is 726. The van der Waals surface area contributed by atoms with Gasteiger partial charge in [0.2, 0.25) is 5.95 Å². The second kappa shape index (κ2) is 6.81. The van der Waals surface area contributed by atoms with Crippen molar-refractivity contribution in [2.24, 2.45) is 0 Å². The number of imidazole rings is 1. The fraction of sp³-hybridized carbons (Fsp3) is 0.643. The van der Waals surface area contributed by atoms with Gasteiger partial charge in [-0.3, -0.25) is 4.57 Å². The Hall–Kier alpha value is -1.46. The number of thioether (sulfide) groups is 1. The van der Waals surface area contributed by atoms with Crippen molar-refractivity contribution >= 4 is 28.9 Å². The molecule has 2 aromatic rings. The van der Waals surface area contributed by atoms with Crippen LogP contribution in [0.15, 0.2) is 11.4 Å². The number of hydrogen-bond donors (Lipinski definition) is 4. The van der Waals surface area contributed by atoms with Crippen molar-refractivity contribution in [2.45, 2.75) is 55.1 Å². The first-order valence-electron chi connectivity index (χ1n) is 7.75. The second-order valence-electron chi connectivity index (χ2n) is 5.78. The van der Waals surface area contributed by atoms with Gasteiger partial charge in [-0.2, -0.15) is 4.98 Å². The van der Waals surface area contributed by atoms with Crippen LogP contribution in [0.4, 0.5) is 5.95 Å². The van der Waals surface area contributed by atoms with Gasteiger partial charge in [0.05, 0.1) is 12.9 Å². The van der Waals surface area contributed by atoms with Crippen LogP contribution in [0.2, 0.25) is 0 Å². The minimum atomic E-state index is -1.21. The normalized spacial score (nSPS) is 28.5. The quantitative estimate of drug-likeness (QED) is 0.428. The maximum atomic E-state index is 10.2. The summed E-state index contributed by atoms with van der Waals surface area (Å²) in [5.74, 6) is 0.0989. The van der Waals surface area contributed by atoms with E-state index in [1.165, 1.54) is 10.9 Å². The molecule has 0 radical (unpaired) electrons. The second-order valence-corrected chi connectivity index (χ2v) is 7.20. The predicted molar refractivity (Wildman–Crippen MR) is 88.4 cm³/mol. The molecule has 0 aliphatic carbocycles.